The fourth-order valence-electron chi connectivity index (χ4n) is 2.53. The minimum absolute atomic E-state index is 0.317. The molecule has 21 heavy (non-hydrogen) atoms. The minimum atomic E-state index is 0.317. The Balaban J connectivity index is 1.65. The Morgan fingerprint density at radius 3 is 2.86 bits per heavy atom. The molecule has 5 heteroatoms. The fraction of sp³-hybridized carbons (Fsp3) is 0.312. The highest BCUT2D eigenvalue weighted by molar-refractivity contribution is 7.16. The zero-order valence-corrected chi connectivity index (χ0v) is 13.7. The third-order valence-electron chi connectivity index (χ3n) is 3.65. The number of rotatable bonds is 5. The number of fused-ring (bicyclic) bond motifs is 1. The van der Waals surface area contributed by atoms with Gasteiger partial charge in [0, 0.05) is 24.0 Å². The molecule has 0 aliphatic rings. The molecule has 0 bridgehead atoms. The lowest BCUT2D eigenvalue weighted by atomic mass is 10.3. The predicted molar refractivity (Wildman–Crippen MR) is 90.2 cm³/mol. The maximum Gasteiger partial charge on any atom is 0.106 e. The van der Waals surface area contributed by atoms with Crippen molar-refractivity contribution >= 4 is 34.0 Å². The maximum absolute atomic E-state index is 5.98. The van der Waals surface area contributed by atoms with Crippen LogP contribution in [0.25, 0.3) is 11.0 Å². The van der Waals surface area contributed by atoms with Crippen molar-refractivity contribution in [3.8, 4) is 0 Å². The molecular formula is C16H18ClN3S. The van der Waals surface area contributed by atoms with E-state index in [1.54, 1.807) is 11.3 Å². The van der Waals surface area contributed by atoms with Crippen LogP contribution in [-0.2, 0) is 6.54 Å². The number of nitrogens with one attached hydrogen (secondary N) is 1. The number of aromatic nitrogens is 2. The molecule has 3 nitrogen and oxygen atoms in total. The molecule has 0 aliphatic carbocycles. The van der Waals surface area contributed by atoms with E-state index >= 15 is 0 Å². The van der Waals surface area contributed by atoms with E-state index in [1.165, 1.54) is 10.4 Å². The molecule has 1 aromatic carbocycles. The molecule has 1 atom stereocenters. The van der Waals surface area contributed by atoms with Gasteiger partial charge in [-0.1, -0.05) is 23.7 Å². The van der Waals surface area contributed by atoms with Crippen LogP contribution < -0.4 is 5.32 Å². The summed E-state index contributed by atoms with van der Waals surface area (Å²) in [6, 6.07) is 12.6. The standard InChI is InChI=1S/C16H18ClN3S/c1-11(15-7-8-16(17)21-15)18-9-10-20-12(2)19-13-5-3-4-6-14(13)20/h3-8,11,18H,9-10H2,1-2H3. The van der Waals surface area contributed by atoms with Gasteiger partial charge < -0.3 is 9.88 Å². The van der Waals surface area contributed by atoms with Crippen LogP contribution in [0.2, 0.25) is 4.34 Å². The van der Waals surface area contributed by atoms with Gasteiger partial charge in [-0.05, 0) is 38.1 Å². The van der Waals surface area contributed by atoms with Crippen LogP contribution in [0.5, 0.6) is 0 Å². The van der Waals surface area contributed by atoms with Crippen LogP contribution in [0.4, 0.5) is 0 Å². The normalized spacial score (nSPS) is 12.9. The summed E-state index contributed by atoms with van der Waals surface area (Å²) in [4.78, 5) is 5.86. The summed E-state index contributed by atoms with van der Waals surface area (Å²) in [6.45, 7) is 6.04. The summed E-state index contributed by atoms with van der Waals surface area (Å²) in [5.41, 5.74) is 2.26. The van der Waals surface area contributed by atoms with Crippen LogP contribution >= 0.6 is 22.9 Å². The molecule has 0 radical (unpaired) electrons. The van der Waals surface area contributed by atoms with E-state index in [0.29, 0.717) is 6.04 Å². The number of para-hydroxylation sites is 2. The van der Waals surface area contributed by atoms with Crippen LogP contribution in [0.3, 0.4) is 0 Å². The largest absolute Gasteiger partial charge is 0.327 e. The van der Waals surface area contributed by atoms with Gasteiger partial charge in [-0.2, -0.15) is 0 Å². The quantitative estimate of drug-likeness (QED) is 0.755. The van der Waals surface area contributed by atoms with E-state index in [0.717, 1.165) is 28.8 Å². The molecule has 110 valence electrons. The minimum Gasteiger partial charge on any atom is -0.327 e. The SMILES string of the molecule is Cc1nc2ccccc2n1CCNC(C)c1ccc(Cl)s1. The van der Waals surface area contributed by atoms with Gasteiger partial charge in [-0.25, -0.2) is 4.98 Å². The number of halogens is 1. The lowest BCUT2D eigenvalue weighted by molar-refractivity contribution is 0.537. The van der Waals surface area contributed by atoms with Crippen molar-refractivity contribution in [2.24, 2.45) is 0 Å². The van der Waals surface area contributed by atoms with E-state index in [1.807, 2.05) is 12.1 Å². The molecule has 0 saturated carbocycles. The van der Waals surface area contributed by atoms with Gasteiger partial charge >= 0.3 is 0 Å². The topological polar surface area (TPSA) is 29.9 Å². The highest BCUT2D eigenvalue weighted by Crippen LogP contribution is 2.26. The molecule has 2 aromatic heterocycles. The summed E-state index contributed by atoms with van der Waals surface area (Å²) >= 11 is 7.62. The van der Waals surface area contributed by atoms with Crippen LogP contribution in [0, 0.1) is 6.92 Å². The molecule has 2 heterocycles. The van der Waals surface area contributed by atoms with Crippen LogP contribution in [0.1, 0.15) is 23.7 Å². The van der Waals surface area contributed by atoms with Gasteiger partial charge in [-0.3, -0.25) is 0 Å². The highest BCUT2D eigenvalue weighted by Gasteiger charge is 2.09. The lowest BCUT2D eigenvalue weighted by Gasteiger charge is -2.13. The van der Waals surface area contributed by atoms with E-state index in [2.05, 4.69) is 53.0 Å². The van der Waals surface area contributed by atoms with Gasteiger partial charge in [-0.15, -0.1) is 11.3 Å². The van der Waals surface area contributed by atoms with Crippen molar-refractivity contribution in [2.45, 2.75) is 26.4 Å². The van der Waals surface area contributed by atoms with E-state index in [-0.39, 0.29) is 0 Å². The first-order valence-corrected chi connectivity index (χ1v) is 8.25. The fourth-order valence-corrected chi connectivity index (χ4v) is 3.62. The smallest absolute Gasteiger partial charge is 0.106 e. The van der Waals surface area contributed by atoms with Crippen molar-refractivity contribution < 1.29 is 0 Å². The van der Waals surface area contributed by atoms with Crippen molar-refractivity contribution in [2.75, 3.05) is 6.54 Å². The average Bonchev–Trinajstić information content (AvgIpc) is 3.03. The van der Waals surface area contributed by atoms with Gasteiger partial charge in [0.05, 0.1) is 15.4 Å². The highest BCUT2D eigenvalue weighted by atomic mass is 35.5. The Kier molecular flexibility index (Phi) is 4.29. The Bertz CT molecular complexity index is 747. The molecule has 0 spiro atoms. The monoisotopic (exact) mass is 319 g/mol. The number of aryl methyl sites for hydroxylation is 1. The molecule has 3 rings (SSSR count). The van der Waals surface area contributed by atoms with Crippen molar-refractivity contribution in [1.82, 2.24) is 14.9 Å². The number of thiophene rings is 1. The zero-order chi connectivity index (χ0) is 14.8. The predicted octanol–water partition coefficient (Wildman–Crippen LogP) is 4.41. The van der Waals surface area contributed by atoms with Gasteiger partial charge in [0.25, 0.3) is 0 Å². The van der Waals surface area contributed by atoms with E-state index in [9.17, 15) is 0 Å². The van der Waals surface area contributed by atoms with Gasteiger partial charge in [0.2, 0.25) is 0 Å². The number of imidazole rings is 1. The van der Waals surface area contributed by atoms with E-state index < -0.39 is 0 Å². The zero-order valence-electron chi connectivity index (χ0n) is 12.1. The number of nitrogens with zero attached hydrogens (tertiary/aromatic N) is 2. The first kappa shape index (κ1) is 14.6. The second kappa shape index (κ2) is 6.18. The lowest BCUT2D eigenvalue weighted by Crippen LogP contribution is -2.23. The van der Waals surface area contributed by atoms with Crippen molar-refractivity contribution in [1.29, 1.82) is 0 Å². The Labute approximate surface area is 133 Å². The summed E-state index contributed by atoms with van der Waals surface area (Å²) in [6.07, 6.45) is 0. The molecule has 0 fully saturated rings. The number of hydrogen-bond acceptors (Lipinski definition) is 3. The van der Waals surface area contributed by atoms with Gasteiger partial charge in [0.1, 0.15) is 5.82 Å². The van der Waals surface area contributed by atoms with Crippen molar-refractivity contribution in [3.05, 3.63) is 51.4 Å². The molecule has 1 unspecified atom stereocenters. The summed E-state index contributed by atoms with van der Waals surface area (Å²) in [5, 5.41) is 3.55. The Morgan fingerprint density at radius 1 is 1.29 bits per heavy atom. The molecule has 0 amide bonds. The molecule has 3 aromatic rings. The van der Waals surface area contributed by atoms with Crippen LogP contribution in [0.15, 0.2) is 36.4 Å². The van der Waals surface area contributed by atoms with Crippen LogP contribution in [-0.4, -0.2) is 16.1 Å². The Morgan fingerprint density at radius 2 is 2.10 bits per heavy atom. The molecule has 1 N–H and O–H groups in total. The average molecular weight is 320 g/mol. The summed E-state index contributed by atoms with van der Waals surface area (Å²) < 4.78 is 3.10. The number of benzene rings is 1. The van der Waals surface area contributed by atoms with Crippen molar-refractivity contribution in [3.63, 3.8) is 0 Å². The molecule has 0 saturated heterocycles. The third-order valence-corrected chi connectivity index (χ3v) is 5.07. The summed E-state index contributed by atoms with van der Waals surface area (Å²) in [5.74, 6) is 1.06. The summed E-state index contributed by atoms with van der Waals surface area (Å²) in [7, 11) is 0. The van der Waals surface area contributed by atoms with E-state index in [4.69, 9.17) is 11.6 Å². The second-order valence-corrected chi connectivity index (χ2v) is 6.86. The second-order valence-electron chi connectivity index (χ2n) is 5.12. The Hall–Kier alpha value is -1.36. The maximum atomic E-state index is 5.98. The van der Waals surface area contributed by atoms with Gasteiger partial charge in [0.15, 0.2) is 0 Å². The molecular weight excluding hydrogens is 302 g/mol. The first-order chi connectivity index (χ1) is 10.1. The molecule has 0 aliphatic heterocycles. The third kappa shape index (κ3) is 3.12. The first-order valence-electron chi connectivity index (χ1n) is 7.05. The number of hydrogen-bond donors (Lipinski definition) is 1.